The molecule has 1 saturated heterocycles. The second-order valence-electron chi connectivity index (χ2n) is 5.08. The van der Waals surface area contributed by atoms with Crippen LogP contribution in [0.15, 0.2) is 18.2 Å². The van der Waals surface area contributed by atoms with Gasteiger partial charge in [-0.3, -0.25) is 4.90 Å². The van der Waals surface area contributed by atoms with E-state index in [-0.39, 0.29) is 17.8 Å². The molecule has 116 valence electrons. The lowest BCUT2D eigenvalue weighted by Gasteiger charge is -2.16. The van der Waals surface area contributed by atoms with Crippen LogP contribution in [0.4, 0.5) is 0 Å². The number of benzene rings is 1. The fraction of sp³-hybridized carbons (Fsp3) is 0.533. The molecule has 1 aromatic rings. The summed E-state index contributed by atoms with van der Waals surface area (Å²) in [6.07, 6.45) is 0.130. The number of ether oxygens (including phenoxy) is 3. The first-order valence-electron chi connectivity index (χ1n) is 6.77. The maximum absolute atomic E-state index is 11.1. The van der Waals surface area contributed by atoms with Crippen molar-refractivity contribution in [3.63, 3.8) is 0 Å². The Kier molecular flexibility index (Phi) is 5.17. The fourth-order valence-electron chi connectivity index (χ4n) is 2.67. The molecule has 6 heteroatoms. The van der Waals surface area contributed by atoms with Crippen LogP contribution in [0.3, 0.4) is 0 Å². The van der Waals surface area contributed by atoms with E-state index in [9.17, 15) is 4.79 Å². The number of hydrogen-bond acceptors (Lipinski definition) is 5. The molecule has 1 aromatic carbocycles. The minimum atomic E-state index is -0.988. The summed E-state index contributed by atoms with van der Waals surface area (Å²) in [6, 6.07) is 5.16. The third-order valence-corrected chi connectivity index (χ3v) is 3.80. The minimum absolute atomic E-state index is 0.0650. The van der Waals surface area contributed by atoms with E-state index in [4.69, 9.17) is 19.3 Å². The molecule has 0 radical (unpaired) electrons. The molecule has 1 N–H and O–H groups in total. The van der Waals surface area contributed by atoms with Crippen LogP contribution in [0.5, 0.6) is 5.75 Å². The van der Waals surface area contributed by atoms with Crippen molar-refractivity contribution in [1.82, 2.24) is 4.90 Å². The Hall–Kier alpha value is -1.63. The van der Waals surface area contributed by atoms with Gasteiger partial charge in [0.15, 0.2) is 0 Å². The highest BCUT2D eigenvalue weighted by Crippen LogP contribution is 2.23. The van der Waals surface area contributed by atoms with E-state index < -0.39 is 5.97 Å². The number of carboxylic acids is 1. The molecular weight excluding hydrogens is 274 g/mol. The Morgan fingerprint density at radius 3 is 2.33 bits per heavy atom. The highest BCUT2D eigenvalue weighted by atomic mass is 16.5. The number of methoxy groups -OCH3 is 3. The van der Waals surface area contributed by atoms with Crippen LogP contribution in [-0.4, -0.2) is 62.6 Å². The van der Waals surface area contributed by atoms with E-state index >= 15 is 0 Å². The van der Waals surface area contributed by atoms with E-state index in [2.05, 4.69) is 4.90 Å². The molecule has 2 unspecified atom stereocenters. The van der Waals surface area contributed by atoms with Gasteiger partial charge in [0.05, 0.1) is 19.3 Å². The maximum atomic E-state index is 11.1. The molecule has 2 rings (SSSR count). The molecule has 1 fully saturated rings. The van der Waals surface area contributed by atoms with Crippen molar-refractivity contribution in [2.24, 2.45) is 0 Å². The number of likely N-dealkylation sites (tertiary alicyclic amines) is 1. The van der Waals surface area contributed by atoms with E-state index in [1.165, 1.54) is 7.11 Å². The lowest BCUT2D eigenvalue weighted by Crippen LogP contribution is -2.27. The number of carboxylic acid groups (broad SMARTS) is 1. The summed E-state index contributed by atoms with van der Waals surface area (Å²) in [5.41, 5.74) is 1.18. The largest absolute Gasteiger partial charge is 0.496 e. The summed E-state index contributed by atoms with van der Waals surface area (Å²) in [5, 5.41) is 9.08. The van der Waals surface area contributed by atoms with Crippen molar-refractivity contribution in [3.05, 3.63) is 29.3 Å². The Balaban J connectivity index is 2.08. The van der Waals surface area contributed by atoms with Crippen LogP contribution in [-0.2, 0) is 16.0 Å². The van der Waals surface area contributed by atoms with Gasteiger partial charge in [0, 0.05) is 33.9 Å². The summed E-state index contributed by atoms with van der Waals surface area (Å²) in [5.74, 6) is -0.607. The average Bonchev–Trinajstić information content (AvgIpc) is 2.88. The highest BCUT2D eigenvalue weighted by Gasteiger charge is 2.32. The van der Waals surface area contributed by atoms with Gasteiger partial charge < -0.3 is 19.3 Å². The second-order valence-corrected chi connectivity index (χ2v) is 5.08. The zero-order valence-electron chi connectivity index (χ0n) is 12.5. The molecular formula is C15H21NO5. The highest BCUT2D eigenvalue weighted by molar-refractivity contribution is 5.90. The molecule has 1 heterocycles. The molecule has 0 bridgehead atoms. The van der Waals surface area contributed by atoms with Crippen molar-refractivity contribution >= 4 is 5.97 Å². The van der Waals surface area contributed by atoms with Gasteiger partial charge in [0.2, 0.25) is 0 Å². The zero-order chi connectivity index (χ0) is 15.4. The summed E-state index contributed by atoms with van der Waals surface area (Å²) in [7, 11) is 4.85. The fourth-order valence-corrected chi connectivity index (χ4v) is 2.67. The maximum Gasteiger partial charge on any atom is 0.339 e. The van der Waals surface area contributed by atoms with Crippen LogP contribution in [0.1, 0.15) is 15.9 Å². The van der Waals surface area contributed by atoms with Crippen LogP contribution in [0.25, 0.3) is 0 Å². The molecule has 0 amide bonds. The van der Waals surface area contributed by atoms with Gasteiger partial charge in [-0.05, 0) is 17.7 Å². The summed E-state index contributed by atoms with van der Waals surface area (Å²) in [4.78, 5) is 13.3. The number of carbonyl (C=O) groups is 1. The molecule has 21 heavy (non-hydrogen) atoms. The summed E-state index contributed by atoms with van der Waals surface area (Å²) < 4.78 is 16.0. The first-order chi connectivity index (χ1) is 10.1. The molecule has 0 aromatic heterocycles. The Bertz CT molecular complexity index is 493. The van der Waals surface area contributed by atoms with Crippen LogP contribution in [0.2, 0.25) is 0 Å². The first kappa shape index (κ1) is 15.8. The van der Waals surface area contributed by atoms with E-state index in [1.54, 1.807) is 26.4 Å². The average molecular weight is 295 g/mol. The van der Waals surface area contributed by atoms with Gasteiger partial charge in [-0.25, -0.2) is 4.79 Å². The number of rotatable bonds is 6. The van der Waals surface area contributed by atoms with E-state index in [0.29, 0.717) is 12.3 Å². The number of aromatic carboxylic acids is 1. The predicted octanol–water partition coefficient (Wildman–Crippen LogP) is 1.24. The van der Waals surface area contributed by atoms with Crippen molar-refractivity contribution in [3.8, 4) is 5.75 Å². The topological polar surface area (TPSA) is 68.2 Å². The van der Waals surface area contributed by atoms with Gasteiger partial charge in [-0.2, -0.15) is 0 Å². The Morgan fingerprint density at radius 2 is 1.86 bits per heavy atom. The van der Waals surface area contributed by atoms with Crippen molar-refractivity contribution in [2.75, 3.05) is 34.4 Å². The molecule has 0 spiro atoms. The van der Waals surface area contributed by atoms with Gasteiger partial charge >= 0.3 is 5.97 Å². The van der Waals surface area contributed by atoms with Crippen LogP contribution in [0, 0.1) is 0 Å². The molecule has 6 nitrogen and oxygen atoms in total. The summed E-state index contributed by atoms with van der Waals surface area (Å²) in [6.45, 7) is 2.28. The third kappa shape index (κ3) is 3.53. The van der Waals surface area contributed by atoms with Gasteiger partial charge in [-0.1, -0.05) is 6.07 Å². The van der Waals surface area contributed by atoms with Gasteiger partial charge in [0.25, 0.3) is 0 Å². The van der Waals surface area contributed by atoms with E-state index in [0.717, 1.165) is 18.7 Å². The molecule has 0 saturated carbocycles. The van der Waals surface area contributed by atoms with E-state index in [1.807, 2.05) is 6.07 Å². The van der Waals surface area contributed by atoms with Gasteiger partial charge in [0.1, 0.15) is 11.3 Å². The lowest BCUT2D eigenvalue weighted by atomic mass is 10.1. The van der Waals surface area contributed by atoms with Crippen molar-refractivity contribution in [1.29, 1.82) is 0 Å². The SMILES string of the molecule is COc1cc(CN2CC(OC)C(OC)C2)ccc1C(=O)O. The quantitative estimate of drug-likeness (QED) is 0.851. The number of nitrogens with zero attached hydrogens (tertiary/aromatic N) is 1. The predicted molar refractivity (Wildman–Crippen MR) is 76.8 cm³/mol. The summed E-state index contributed by atoms with van der Waals surface area (Å²) >= 11 is 0. The normalized spacial score (nSPS) is 22.4. The van der Waals surface area contributed by atoms with Crippen molar-refractivity contribution in [2.45, 2.75) is 18.8 Å². The van der Waals surface area contributed by atoms with Crippen LogP contribution < -0.4 is 4.74 Å². The molecule has 2 atom stereocenters. The Labute approximate surface area is 124 Å². The minimum Gasteiger partial charge on any atom is -0.496 e. The zero-order valence-corrected chi connectivity index (χ0v) is 12.5. The third-order valence-electron chi connectivity index (χ3n) is 3.80. The standard InChI is InChI=1S/C15H21NO5/c1-19-12-6-10(4-5-11(12)15(17)18)7-16-8-13(20-2)14(9-16)21-3/h4-6,13-14H,7-9H2,1-3H3,(H,17,18). The molecule has 1 aliphatic rings. The number of hydrogen-bond donors (Lipinski definition) is 1. The Morgan fingerprint density at radius 1 is 1.24 bits per heavy atom. The monoisotopic (exact) mass is 295 g/mol. The van der Waals surface area contributed by atoms with Crippen LogP contribution >= 0.6 is 0 Å². The second kappa shape index (κ2) is 6.89. The van der Waals surface area contributed by atoms with Gasteiger partial charge in [-0.15, -0.1) is 0 Å². The first-order valence-corrected chi connectivity index (χ1v) is 6.77. The molecule has 0 aliphatic carbocycles. The molecule has 1 aliphatic heterocycles. The van der Waals surface area contributed by atoms with Crippen molar-refractivity contribution < 1.29 is 24.1 Å². The lowest BCUT2D eigenvalue weighted by molar-refractivity contribution is -0.00461. The smallest absolute Gasteiger partial charge is 0.339 e.